The summed E-state index contributed by atoms with van der Waals surface area (Å²) in [6.07, 6.45) is 8.71. The standard InChI is InChI=1S/C11H19IO2/c1-2-3-10-14-11(13)8-6-4-5-7-9-12/h5,7H,2-4,6,8-10H2,1H3/b7-5-. The molecule has 2 nitrogen and oxygen atoms in total. The third kappa shape index (κ3) is 10.0. The molecule has 0 aliphatic rings. The van der Waals surface area contributed by atoms with Crippen LogP contribution in [0.1, 0.15) is 39.0 Å². The highest BCUT2D eigenvalue weighted by Gasteiger charge is 2.00. The minimum absolute atomic E-state index is 0.0543. The van der Waals surface area contributed by atoms with Crippen LogP contribution >= 0.6 is 22.6 Å². The Bertz CT molecular complexity index is 167. The van der Waals surface area contributed by atoms with Gasteiger partial charge >= 0.3 is 5.97 Å². The van der Waals surface area contributed by atoms with E-state index < -0.39 is 0 Å². The van der Waals surface area contributed by atoms with E-state index in [-0.39, 0.29) is 5.97 Å². The van der Waals surface area contributed by atoms with Crippen molar-refractivity contribution in [1.82, 2.24) is 0 Å². The van der Waals surface area contributed by atoms with Gasteiger partial charge in [-0.25, -0.2) is 0 Å². The molecule has 0 aromatic heterocycles. The quantitative estimate of drug-likeness (QED) is 0.225. The molecule has 14 heavy (non-hydrogen) atoms. The molecule has 0 bridgehead atoms. The number of unbranched alkanes of at least 4 members (excludes halogenated alkanes) is 2. The number of hydrogen-bond acceptors (Lipinski definition) is 2. The van der Waals surface area contributed by atoms with Gasteiger partial charge in [-0.1, -0.05) is 48.1 Å². The largest absolute Gasteiger partial charge is 0.466 e. The van der Waals surface area contributed by atoms with Crippen molar-refractivity contribution in [3.63, 3.8) is 0 Å². The summed E-state index contributed by atoms with van der Waals surface area (Å²) >= 11 is 2.30. The van der Waals surface area contributed by atoms with Crippen molar-refractivity contribution in [2.75, 3.05) is 11.0 Å². The van der Waals surface area contributed by atoms with Crippen LogP contribution in [-0.4, -0.2) is 17.0 Å². The Morgan fingerprint density at radius 2 is 2.14 bits per heavy atom. The number of esters is 1. The monoisotopic (exact) mass is 310 g/mol. The van der Waals surface area contributed by atoms with Crippen LogP contribution < -0.4 is 0 Å². The molecule has 3 heteroatoms. The zero-order valence-corrected chi connectivity index (χ0v) is 11.0. The van der Waals surface area contributed by atoms with Crippen LogP contribution in [0, 0.1) is 0 Å². The molecule has 0 aromatic rings. The summed E-state index contributed by atoms with van der Waals surface area (Å²) < 4.78 is 6.06. The number of hydrogen-bond donors (Lipinski definition) is 0. The van der Waals surface area contributed by atoms with Crippen LogP contribution in [0.5, 0.6) is 0 Å². The third-order valence-corrected chi connectivity index (χ3v) is 2.28. The highest BCUT2D eigenvalue weighted by atomic mass is 127. The maximum Gasteiger partial charge on any atom is 0.305 e. The van der Waals surface area contributed by atoms with E-state index in [1.165, 1.54) is 0 Å². The van der Waals surface area contributed by atoms with Gasteiger partial charge in [-0.05, 0) is 19.3 Å². The predicted octanol–water partition coefficient (Wildman–Crippen LogP) is 3.49. The highest BCUT2D eigenvalue weighted by Crippen LogP contribution is 2.00. The Labute approximate surface area is 100 Å². The zero-order chi connectivity index (χ0) is 10.6. The molecule has 0 aliphatic heterocycles. The summed E-state index contributed by atoms with van der Waals surface area (Å²) in [7, 11) is 0. The van der Waals surface area contributed by atoms with Crippen molar-refractivity contribution in [2.45, 2.75) is 39.0 Å². The van der Waals surface area contributed by atoms with Crippen LogP contribution in [-0.2, 0) is 9.53 Å². The highest BCUT2D eigenvalue weighted by molar-refractivity contribution is 14.1. The van der Waals surface area contributed by atoms with E-state index in [9.17, 15) is 4.79 Å². The summed E-state index contributed by atoms with van der Waals surface area (Å²) in [4.78, 5) is 11.1. The molecular formula is C11H19IO2. The average molecular weight is 310 g/mol. The number of carbonyl (C=O) groups excluding carboxylic acids is 1. The summed E-state index contributed by atoms with van der Waals surface area (Å²) in [5.74, 6) is -0.0543. The fourth-order valence-corrected chi connectivity index (χ4v) is 1.31. The Kier molecular flexibility index (Phi) is 11.0. The summed E-state index contributed by atoms with van der Waals surface area (Å²) in [5, 5.41) is 0. The minimum Gasteiger partial charge on any atom is -0.466 e. The van der Waals surface area contributed by atoms with E-state index in [0.717, 1.165) is 30.1 Å². The molecule has 0 aliphatic carbocycles. The molecule has 0 amide bonds. The second-order valence-corrected chi connectivity index (χ2v) is 3.97. The summed E-state index contributed by atoms with van der Waals surface area (Å²) in [6, 6.07) is 0. The first-order valence-corrected chi connectivity index (χ1v) is 6.70. The molecule has 0 heterocycles. The number of rotatable bonds is 8. The molecule has 0 unspecified atom stereocenters. The number of alkyl halides is 1. The Morgan fingerprint density at radius 1 is 1.36 bits per heavy atom. The van der Waals surface area contributed by atoms with Gasteiger partial charge in [0.1, 0.15) is 0 Å². The van der Waals surface area contributed by atoms with Gasteiger partial charge in [0.2, 0.25) is 0 Å². The molecule has 0 N–H and O–H groups in total. The van der Waals surface area contributed by atoms with Gasteiger partial charge in [-0.2, -0.15) is 0 Å². The first kappa shape index (κ1) is 13.9. The lowest BCUT2D eigenvalue weighted by Gasteiger charge is -2.02. The maximum absolute atomic E-state index is 11.1. The van der Waals surface area contributed by atoms with Crippen molar-refractivity contribution < 1.29 is 9.53 Å². The molecule has 0 fully saturated rings. The van der Waals surface area contributed by atoms with Gasteiger partial charge in [0.25, 0.3) is 0 Å². The fourth-order valence-electron chi connectivity index (χ4n) is 0.948. The van der Waals surface area contributed by atoms with Crippen LogP contribution in [0.25, 0.3) is 0 Å². The van der Waals surface area contributed by atoms with Crippen molar-refractivity contribution in [1.29, 1.82) is 0 Å². The van der Waals surface area contributed by atoms with Gasteiger partial charge in [-0.15, -0.1) is 0 Å². The second kappa shape index (κ2) is 11.0. The smallest absolute Gasteiger partial charge is 0.305 e. The average Bonchev–Trinajstić information content (AvgIpc) is 2.18. The van der Waals surface area contributed by atoms with Gasteiger partial charge in [0.15, 0.2) is 0 Å². The van der Waals surface area contributed by atoms with Crippen molar-refractivity contribution in [2.24, 2.45) is 0 Å². The maximum atomic E-state index is 11.1. The Hall–Kier alpha value is -0.0600. The van der Waals surface area contributed by atoms with Gasteiger partial charge in [0.05, 0.1) is 6.61 Å². The SMILES string of the molecule is CCCCOC(=O)CCC/C=C\CI. The molecular weight excluding hydrogens is 291 g/mol. The Morgan fingerprint density at radius 3 is 2.79 bits per heavy atom. The molecule has 0 rings (SSSR count). The van der Waals surface area contributed by atoms with E-state index in [2.05, 4.69) is 41.7 Å². The fraction of sp³-hybridized carbons (Fsp3) is 0.727. The van der Waals surface area contributed by atoms with E-state index in [1.807, 2.05) is 0 Å². The summed E-state index contributed by atoms with van der Waals surface area (Å²) in [5.41, 5.74) is 0. The molecule has 82 valence electrons. The lowest BCUT2D eigenvalue weighted by molar-refractivity contribution is -0.143. The molecule has 0 saturated carbocycles. The van der Waals surface area contributed by atoms with E-state index >= 15 is 0 Å². The van der Waals surface area contributed by atoms with Crippen molar-refractivity contribution in [3.8, 4) is 0 Å². The molecule has 0 atom stereocenters. The van der Waals surface area contributed by atoms with Gasteiger partial charge < -0.3 is 4.74 Å². The molecule has 0 saturated heterocycles. The van der Waals surface area contributed by atoms with Crippen LogP contribution in [0.15, 0.2) is 12.2 Å². The number of halogens is 1. The first-order valence-electron chi connectivity index (χ1n) is 5.17. The van der Waals surface area contributed by atoms with Crippen molar-refractivity contribution in [3.05, 3.63) is 12.2 Å². The van der Waals surface area contributed by atoms with Crippen LogP contribution in [0.4, 0.5) is 0 Å². The second-order valence-electron chi connectivity index (χ2n) is 3.09. The first-order chi connectivity index (χ1) is 6.81. The van der Waals surface area contributed by atoms with E-state index in [1.54, 1.807) is 0 Å². The van der Waals surface area contributed by atoms with Gasteiger partial charge in [0, 0.05) is 10.8 Å². The lowest BCUT2D eigenvalue weighted by Crippen LogP contribution is -2.04. The third-order valence-electron chi connectivity index (χ3n) is 1.77. The van der Waals surface area contributed by atoms with E-state index in [0.29, 0.717) is 13.0 Å². The normalized spacial score (nSPS) is 10.7. The lowest BCUT2D eigenvalue weighted by atomic mass is 10.2. The summed E-state index contributed by atoms with van der Waals surface area (Å²) in [6.45, 7) is 2.67. The number of carbonyl (C=O) groups is 1. The molecule has 0 radical (unpaired) electrons. The zero-order valence-electron chi connectivity index (χ0n) is 8.80. The minimum atomic E-state index is -0.0543. The van der Waals surface area contributed by atoms with Crippen molar-refractivity contribution >= 4 is 28.6 Å². The molecule has 0 aromatic carbocycles. The number of ether oxygens (including phenoxy) is 1. The number of allylic oxidation sites excluding steroid dienone is 2. The Balaban J connectivity index is 3.22. The predicted molar refractivity (Wildman–Crippen MR) is 67.7 cm³/mol. The topological polar surface area (TPSA) is 26.3 Å². The van der Waals surface area contributed by atoms with Crippen LogP contribution in [0.2, 0.25) is 0 Å². The van der Waals surface area contributed by atoms with E-state index in [4.69, 9.17) is 4.74 Å². The van der Waals surface area contributed by atoms with Crippen LogP contribution in [0.3, 0.4) is 0 Å². The molecule has 0 spiro atoms. The van der Waals surface area contributed by atoms with Gasteiger partial charge in [-0.3, -0.25) is 4.79 Å².